The number of methoxy groups -OCH3 is 1. The minimum Gasteiger partial charge on any atom is -0.496 e. The fraction of sp³-hybridized carbons (Fsp3) is 0.333. The molecular formula is C27H23F2N3NiO3S. The fourth-order valence-electron chi connectivity index (χ4n) is 3.69. The third kappa shape index (κ3) is 7.44. The Morgan fingerprint density at radius 1 is 1.22 bits per heavy atom. The molecule has 1 aromatic carbocycles. The molecule has 6 nitrogen and oxygen atoms in total. The molecule has 1 saturated heterocycles. The van der Waals surface area contributed by atoms with Crippen LogP contribution >= 0.6 is 11.3 Å². The van der Waals surface area contributed by atoms with Gasteiger partial charge in [0, 0.05) is 24.6 Å². The Morgan fingerprint density at radius 3 is 2.65 bits per heavy atom. The Kier molecular flexibility index (Phi) is 10.3. The maximum Gasteiger partial charge on any atom is 2.00 e. The van der Waals surface area contributed by atoms with Gasteiger partial charge in [0.2, 0.25) is 5.91 Å². The van der Waals surface area contributed by atoms with Crippen molar-refractivity contribution in [3.05, 3.63) is 58.3 Å². The zero-order valence-electron chi connectivity index (χ0n) is 19.9. The Bertz CT molecular complexity index is 1290. The summed E-state index contributed by atoms with van der Waals surface area (Å²) < 4.78 is 31.4. The van der Waals surface area contributed by atoms with E-state index in [4.69, 9.17) is 4.74 Å². The molecule has 0 spiro atoms. The molecule has 1 aliphatic heterocycles. The van der Waals surface area contributed by atoms with Gasteiger partial charge in [0.05, 0.1) is 19.6 Å². The maximum absolute atomic E-state index is 13.1. The van der Waals surface area contributed by atoms with Gasteiger partial charge < -0.3 is 19.4 Å². The van der Waals surface area contributed by atoms with Crippen LogP contribution in [-0.2, 0) is 26.1 Å². The number of nitrogens with zero attached hydrogens (tertiary/aromatic N) is 3. The molecule has 2 aromatic heterocycles. The minimum absolute atomic E-state index is 0. The molecule has 2 aliphatic rings. The summed E-state index contributed by atoms with van der Waals surface area (Å²) in [5.74, 6) is 7.16. The predicted octanol–water partition coefficient (Wildman–Crippen LogP) is 5.37. The van der Waals surface area contributed by atoms with Crippen LogP contribution in [0, 0.1) is 23.3 Å². The molecule has 3 heterocycles. The normalized spacial score (nSPS) is 14.6. The molecule has 10 heteroatoms. The van der Waals surface area contributed by atoms with Gasteiger partial charge in [-0.25, -0.2) is 8.78 Å². The number of anilines is 1. The van der Waals surface area contributed by atoms with Crippen molar-refractivity contribution >= 4 is 29.2 Å². The number of thiazole rings is 1. The number of carbonyl (C=O) groups is 1. The first-order valence-electron chi connectivity index (χ1n) is 11.5. The summed E-state index contributed by atoms with van der Waals surface area (Å²) in [4.78, 5) is 33.7. The third-order valence-electron chi connectivity index (χ3n) is 5.74. The second-order valence-corrected chi connectivity index (χ2v) is 9.13. The number of hydrogen-bond donors (Lipinski definition) is 0. The summed E-state index contributed by atoms with van der Waals surface area (Å²) in [6.45, 7) is 0.582. The van der Waals surface area contributed by atoms with Gasteiger partial charge >= 0.3 is 16.5 Å². The molecule has 0 N–H and O–H groups in total. The number of benzene rings is 1. The van der Waals surface area contributed by atoms with Crippen LogP contribution in [0.25, 0.3) is 11.1 Å². The van der Waals surface area contributed by atoms with Crippen molar-refractivity contribution < 1.29 is 39.6 Å². The van der Waals surface area contributed by atoms with Crippen molar-refractivity contribution in [2.24, 2.45) is 5.92 Å². The smallest absolute Gasteiger partial charge is 0.496 e. The molecule has 0 bridgehead atoms. The number of piperidine rings is 1. The predicted molar refractivity (Wildman–Crippen MR) is 133 cm³/mol. The van der Waals surface area contributed by atoms with Crippen LogP contribution in [0.15, 0.2) is 36.7 Å². The molecule has 1 aliphatic carbocycles. The van der Waals surface area contributed by atoms with Crippen molar-refractivity contribution in [2.45, 2.75) is 38.5 Å². The zero-order chi connectivity index (χ0) is 25.5. The number of alkyl halides is 2. The van der Waals surface area contributed by atoms with E-state index in [-0.39, 0.29) is 33.7 Å². The Morgan fingerprint density at radius 2 is 2.03 bits per heavy atom. The molecule has 37 heavy (non-hydrogen) atoms. The summed E-state index contributed by atoms with van der Waals surface area (Å²) in [7, 11) is 1.39. The van der Waals surface area contributed by atoms with E-state index in [1.165, 1.54) is 49.6 Å². The first-order chi connectivity index (χ1) is 17.5. The third-order valence-corrected chi connectivity index (χ3v) is 6.36. The van der Waals surface area contributed by atoms with Crippen molar-refractivity contribution in [1.29, 1.82) is 0 Å². The summed E-state index contributed by atoms with van der Waals surface area (Å²) in [5, 5.41) is 0. The number of ether oxygens (including phenoxy) is 1. The molecule has 1 saturated carbocycles. The summed E-state index contributed by atoms with van der Waals surface area (Å²) in [6.07, 6.45) is 6.80. The van der Waals surface area contributed by atoms with Crippen LogP contribution < -0.4 is 9.64 Å². The van der Waals surface area contributed by atoms with Gasteiger partial charge in [0.1, 0.15) is 11.4 Å². The number of aromatic nitrogens is 2. The van der Waals surface area contributed by atoms with Crippen LogP contribution in [0.3, 0.4) is 0 Å². The van der Waals surface area contributed by atoms with Gasteiger partial charge in [-0.05, 0) is 42.8 Å². The average molecular weight is 566 g/mol. The number of amides is 1. The number of hydrogen-bond acceptors (Lipinski definition) is 6. The summed E-state index contributed by atoms with van der Waals surface area (Å²) in [6, 6.07) is 6.02. The van der Waals surface area contributed by atoms with Crippen molar-refractivity contribution in [3.8, 4) is 28.7 Å². The van der Waals surface area contributed by atoms with E-state index in [1.54, 1.807) is 23.2 Å². The van der Waals surface area contributed by atoms with E-state index < -0.39 is 12.1 Å². The largest absolute Gasteiger partial charge is 2.00 e. The second-order valence-electron chi connectivity index (χ2n) is 8.30. The van der Waals surface area contributed by atoms with E-state index in [1.807, 2.05) is 6.29 Å². The van der Waals surface area contributed by atoms with Gasteiger partial charge in [-0.15, -0.1) is 29.2 Å². The minimum atomic E-state index is -2.75. The fourth-order valence-corrected chi connectivity index (χ4v) is 4.11. The maximum atomic E-state index is 13.1. The second kappa shape index (κ2) is 13.4. The Balaban J connectivity index is 0.000000288. The first kappa shape index (κ1) is 28.4. The molecule has 1 amide bonds. The van der Waals surface area contributed by atoms with Crippen LogP contribution in [-0.4, -0.2) is 35.8 Å². The zero-order valence-corrected chi connectivity index (χ0v) is 21.7. The molecule has 0 radical (unpaired) electrons. The van der Waals surface area contributed by atoms with Crippen molar-refractivity contribution in [3.63, 3.8) is 0 Å². The molecule has 2 fully saturated rings. The quantitative estimate of drug-likeness (QED) is 0.236. The van der Waals surface area contributed by atoms with E-state index in [2.05, 4.69) is 27.3 Å². The molecule has 0 atom stereocenters. The van der Waals surface area contributed by atoms with Crippen molar-refractivity contribution in [2.75, 3.05) is 18.6 Å². The van der Waals surface area contributed by atoms with E-state index in [0.29, 0.717) is 35.7 Å². The molecule has 3 aromatic rings. The van der Waals surface area contributed by atoms with Crippen molar-refractivity contribution in [1.82, 2.24) is 9.97 Å². The van der Waals surface area contributed by atoms with Crippen LogP contribution in [0.4, 0.5) is 14.5 Å². The number of rotatable bonds is 5. The molecule has 0 unspecified atom stereocenters. The Hall–Kier alpha value is -3.15. The Labute approximate surface area is 228 Å². The summed E-state index contributed by atoms with van der Waals surface area (Å²) in [5.41, 5.74) is 3.83. The molecule has 5 rings (SSSR count). The molecule has 194 valence electrons. The van der Waals surface area contributed by atoms with Gasteiger partial charge in [0.15, 0.2) is 0 Å². The van der Waals surface area contributed by atoms with Crippen LogP contribution in [0.2, 0.25) is 0 Å². The van der Waals surface area contributed by atoms with E-state index >= 15 is 0 Å². The van der Waals surface area contributed by atoms with E-state index in [0.717, 1.165) is 17.7 Å². The topological polar surface area (TPSA) is 72.4 Å². The van der Waals surface area contributed by atoms with Gasteiger partial charge in [-0.1, -0.05) is 17.0 Å². The van der Waals surface area contributed by atoms with Crippen LogP contribution in [0.1, 0.15) is 54.7 Å². The van der Waals surface area contributed by atoms with Crippen LogP contribution in [0.5, 0.6) is 5.75 Å². The monoisotopic (exact) mass is 565 g/mol. The number of halogens is 2. The SMILES string of the molecule is C(#CC1CC1)c1cn[c-]s1.COc1cnc(C(F)F)cc1-c1cc(N2CCCCC2=O)ccc1[C-]=O.[Ni+2]. The number of pyridine rings is 1. The standard InChI is InChI=1S/C19H17F2N2O3.C8H6NS.Ni/c1-26-17-10-22-16(19(20)21)9-15(17)14-8-13(6-5-12(14)11-24)23-7-3-2-4-18(23)25;1-2-7(1)3-4-8-5-9-6-10-8;/h5-6,8-10,19H,2-4,7H2,1H3;5,7H,1-2H2;/q2*-1;+2. The number of carbonyl (C=O) groups excluding carboxylic acids is 2. The molecular weight excluding hydrogens is 543 g/mol. The van der Waals surface area contributed by atoms with Gasteiger partial charge in [0.25, 0.3) is 6.43 Å². The summed E-state index contributed by atoms with van der Waals surface area (Å²) >= 11 is 1.48. The van der Waals surface area contributed by atoms with Gasteiger partial charge in [-0.2, -0.15) is 6.07 Å². The van der Waals surface area contributed by atoms with E-state index in [9.17, 15) is 18.4 Å². The van der Waals surface area contributed by atoms with Gasteiger partial charge in [-0.3, -0.25) is 21.1 Å². The first-order valence-corrected chi connectivity index (χ1v) is 12.3. The average Bonchev–Trinajstić information content (AvgIpc) is 3.59.